The van der Waals surface area contributed by atoms with E-state index in [9.17, 15) is 0 Å². The third kappa shape index (κ3) is 2.51. The van der Waals surface area contributed by atoms with E-state index in [1.54, 1.807) is 0 Å². The minimum absolute atomic E-state index is 0.814. The molecule has 3 nitrogen and oxygen atoms in total. The number of rotatable bonds is 1. The van der Waals surface area contributed by atoms with Crippen LogP contribution in [-0.2, 0) is 0 Å². The van der Waals surface area contributed by atoms with E-state index in [-0.39, 0.29) is 0 Å². The molecule has 2 unspecified atom stereocenters. The standard InChI is InChI=1S/C14H27N3/c1-16-8-9-17-13(11-16)6-7-15-10-14(17)12-4-2-3-5-12/h12-15H,2-11H2,1H3. The fourth-order valence-electron chi connectivity index (χ4n) is 4.13. The van der Waals surface area contributed by atoms with E-state index in [4.69, 9.17) is 0 Å². The molecule has 3 heteroatoms. The molecule has 3 aliphatic rings. The fourth-order valence-corrected chi connectivity index (χ4v) is 4.13. The van der Waals surface area contributed by atoms with Crippen molar-refractivity contribution in [2.75, 3.05) is 39.8 Å². The lowest BCUT2D eigenvalue weighted by Crippen LogP contribution is -2.57. The predicted molar refractivity (Wildman–Crippen MR) is 71.2 cm³/mol. The van der Waals surface area contributed by atoms with Crippen molar-refractivity contribution in [3.05, 3.63) is 0 Å². The van der Waals surface area contributed by atoms with Gasteiger partial charge in [0.15, 0.2) is 0 Å². The highest BCUT2D eigenvalue weighted by molar-refractivity contribution is 4.93. The first kappa shape index (κ1) is 11.9. The summed E-state index contributed by atoms with van der Waals surface area (Å²) in [7, 11) is 2.28. The molecule has 2 aliphatic heterocycles. The van der Waals surface area contributed by atoms with Crippen molar-refractivity contribution < 1.29 is 0 Å². The van der Waals surface area contributed by atoms with E-state index in [2.05, 4.69) is 22.2 Å². The SMILES string of the molecule is CN1CCN2C(CCNCC2C2CCCC2)C1. The molecule has 17 heavy (non-hydrogen) atoms. The van der Waals surface area contributed by atoms with Crippen molar-refractivity contribution in [2.45, 2.75) is 44.2 Å². The highest BCUT2D eigenvalue weighted by atomic mass is 15.3. The number of likely N-dealkylation sites (N-methyl/N-ethyl adjacent to an activating group) is 1. The second-order valence-electron chi connectivity index (χ2n) is 6.26. The molecule has 98 valence electrons. The maximum atomic E-state index is 3.69. The smallest absolute Gasteiger partial charge is 0.0252 e. The van der Waals surface area contributed by atoms with Gasteiger partial charge in [0.2, 0.25) is 0 Å². The molecule has 1 saturated carbocycles. The van der Waals surface area contributed by atoms with Crippen molar-refractivity contribution in [3.8, 4) is 0 Å². The maximum absolute atomic E-state index is 3.69. The highest BCUT2D eigenvalue weighted by Gasteiger charge is 2.37. The minimum Gasteiger partial charge on any atom is -0.315 e. The van der Waals surface area contributed by atoms with Crippen LogP contribution in [-0.4, -0.2) is 61.7 Å². The normalized spacial score (nSPS) is 37.9. The Kier molecular flexibility index (Phi) is 3.69. The van der Waals surface area contributed by atoms with Gasteiger partial charge in [-0.1, -0.05) is 12.8 Å². The Hall–Kier alpha value is -0.120. The molecule has 2 atom stereocenters. The zero-order valence-corrected chi connectivity index (χ0v) is 11.2. The third-order valence-electron chi connectivity index (χ3n) is 5.11. The molecule has 0 bridgehead atoms. The number of fused-ring (bicyclic) bond motifs is 1. The largest absolute Gasteiger partial charge is 0.315 e. The van der Waals surface area contributed by atoms with Crippen molar-refractivity contribution in [1.82, 2.24) is 15.1 Å². The second-order valence-corrected chi connectivity index (χ2v) is 6.26. The summed E-state index contributed by atoms with van der Waals surface area (Å²) in [6, 6.07) is 1.65. The Labute approximate surface area is 106 Å². The van der Waals surface area contributed by atoms with E-state index < -0.39 is 0 Å². The van der Waals surface area contributed by atoms with Gasteiger partial charge in [-0.25, -0.2) is 0 Å². The van der Waals surface area contributed by atoms with Crippen LogP contribution in [0.3, 0.4) is 0 Å². The van der Waals surface area contributed by atoms with Crippen LogP contribution in [0.25, 0.3) is 0 Å². The number of hydrogen-bond acceptors (Lipinski definition) is 3. The number of nitrogens with one attached hydrogen (secondary N) is 1. The molecule has 1 aliphatic carbocycles. The summed E-state index contributed by atoms with van der Waals surface area (Å²) >= 11 is 0. The Balaban J connectivity index is 1.72. The first-order valence-electron chi connectivity index (χ1n) is 7.49. The van der Waals surface area contributed by atoms with E-state index in [0.717, 1.165) is 18.0 Å². The lowest BCUT2D eigenvalue weighted by molar-refractivity contribution is 0.0371. The topological polar surface area (TPSA) is 18.5 Å². The van der Waals surface area contributed by atoms with Gasteiger partial charge in [-0.05, 0) is 38.8 Å². The summed E-state index contributed by atoms with van der Waals surface area (Å²) < 4.78 is 0. The van der Waals surface area contributed by atoms with Crippen LogP contribution in [0, 0.1) is 5.92 Å². The summed E-state index contributed by atoms with van der Waals surface area (Å²) in [5.74, 6) is 0.978. The van der Waals surface area contributed by atoms with E-state index in [0.29, 0.717) is 0 Å². The van der Waals surface area contributed by atoms with E-state index in [1.807, 2.05) is 0 Å². The van der Waals surface area contributed by atoms with Crippen LogP contribution in [0.1, 0.15) is 32.1 Å². The monoisotopic (exact) mass is 237 g/mol. The Bertz CT molecular complexity index is 250. The molecule has 0 aromatic rings. The molecular formula is C14H27N3. The van der Waals surface area contributed by atoms with Crippen molar-refractivity contribution in [2.24, 2.45) is 5.92 Å². The van der Waals surface area contributed by atoms with Gasteiger partial charge in [0, 0.05) is 38.3 Å². The van der Waals surface area contributed by atoms with Crippen LogP contribution < -0.4 is 5.32 Å². The Morgan fingerprint density at radius 1 is 1.06 bits per heavy atom. The summed E-state index contributed by atoms with van der Waals surface area (Å²) in [5.41, 5.74) is 0. The van der Waals surface area contributed by atoms with E-state index >= 15 is 0 Å². The summed E-state index contributed by atoms with van der Waals surface area (Å²) in [6.07, 6.45) is 7.24. The molecular weight excluding hydrogens is 210 g/mol. The third-order valence-corrected chi connectivity index (χ3v) is 5.11. The molecule has 1 N–H and O–H groups in total. The zero-order valence-electron chi connectivity index (χ0n) is 11.2. The van der Waals surface area contributed by atoms with Gasteiger partial charge in [0.25, 0.3) is 0 Å². The van der Waals surface area contributed by atoms with Crippen LogP contribution in [0.4, 0.5) is 0 Å². The number of hydrogen-bond donors (Lipinski definition) is 1. The molecule has 2 saturated heterocycles. The first-order valence-corrected chi connectivity index (χ1v) is 7.49. The first-order chi connectivity index (χ1) is 8.34. The molecule has 0 spiro atoms. The second kappa shape index (κ2) is 5.25. The molecule has 0 radical (unpaired) electrons. The van der Waals surface area contributed by atoms with Gasteiger partial charge < -0.3 is 10.2 Å². The number of piperazine rings is 1. The van der Waals surface area contributed by atoms with Crippen LogP contribution in [0.15, 0.2) is 0 Å². The Morgan fingerprint density at radius 3 is 2.71 bits per heavy atom. The van der Waals surface area contributed by atoms with Gasteiger partial charge in [-0.3, -0.25) is 4.90 Å². The molecule has 0 aromatic heterocycles. The molecule has 2 heterocycles. The average molecular weight is 237 g/mol. The van der Waals surface area contributed by atoms with Gasteiger partial charge in [0.1, 0.15) is 0 Å². The van der Waals surface area contributed by atoms with Crippen LogP contribution >= 0.6 is 0 Å². The van der Waals surface area contributed by atoms with Gasteiger partial charge in [-0.15, -0.1) is 0 Å². The highest BCUT2D eigenvalue weighted by Crippen LogP contribution is 2.32. The minimum atomic E-state index is 0.814. The zero-order chi connectivity index (χ0) is 11.7. The van der Waals surface area contributed by atoms with Crippen molar-refractivity contribution in [1.29, 1.82) is 0 Å². The summed E-state index contributed by atoms with van der Waals surface area (Å²) in [4.78, 5) is 5.37. The molecule has 0 aromatic carbocycles. The number of nitrogens with zero attached hydrogens (tertiary/aromatic N) is 2. The van der Waals surface area contributed by atoms with Crippen molar-refractivity contribution >= 4 is 0 Å². The lowest BCUT2D eigenvalue weighted by atomic mass is 9.94. The molecule has 0 amide bonds. The van der Waals surface area contributed by atoms with Crippen LogP contribution in [0.2, 0.25) is 0 Å². The van der Waals surface area contributed by atoms with E-state index in [1.165, 1.54) is 64.8 Å². The molecule has 3 fully saturated rings. The summed E-state index contributed by atoms with van der Waals surface area (Å²) in [6.45, 7) is 6.30. The van der Waals surface area contributed by atoms with Gasteiger partial charge >= 0.3 is 0 Å². The molecule has 3 rings (SSSR count). The van der Waals surface area contributed by atoms with Crippen molar-refractivity contribution in [3.63, 3.8) is 0 Å². The van der Waals surface area contributed by atoms with Crippen LogP contribution in [0.5, 0.6) is 0 Å². The van der Waals surface area contributed by atoms with Gasteiger partial charge in [0.05, 0.1) is 0 Å². The van der Waals surface area contributed by atoms with Gasteiger partial charge in [-0.2, -0.15) is 0 Å². The lowest BCUT2D eigenvalue weighted by Gasteiger charge is -2.44. The Morgan fingerprint density at radius 2 is 1.88 bits per heavy atom. The summed E-state index contributed by atoms with van der Waals surface area (Å²) in [5, 5.41) is 3.69. The predicted octanol–water partition coefficient (Wildman–Crippen LogP) is 1.15. The average Bonchev–Trinajstić information content (AvgIpc) is 2.77. The quantitative estimate of drug-likeness (QED) is 0.738. The maximum Gasteiger partial charge on any atom is 0.0252 e. The fraction of sp³-hybridized carbons (Fsp3) is 1.00.